The predicted molar refractivity (Wildman–Crippen MR) is 69.4 cm³/mol. The molecule has 0 amide bonds. The molecule has 5 nitrogen and oxygen atoms in total. The van der Waals surface area contributed by atoms with Crippen LogP contribution >= 0.6 is 0 Å². The van der Waals surface area contributed by atoms with E-state index in [1.54, 1.807) is 0 Å². The lowest BCUT2D eigenvalue weighted by atomic mass is 10.1. The minimum absolute atomic E-state index is 0.634. The molecular weight excluding hydrogens is 230 g/mol. The molecule has 0 bridgehead atoms. The maximum absolute atomic E-state index is 5.56. The fraction of sp³-hybridized carbons (Fsp3) is 0.462. The number of guanidine groups is 1. The van der Waals surface area contributed by atoms with Crippen molar-refractivity contribution in [1.82, 2.24) is 10.6 Å². The molecule has 0 radical (unpaired) electrons. The maximum Gasteiger partial charge on any atom is 0.191 e. The van der Waals surface area contributed by atoms with Crippen LogP contribution in [0.2, 0.25) is 0 Å². The van der Waals surface area contributed by atoms with Crippen LogP contribution in [-0.2, 0) is 6.42 Å². The third kappa shape index (κ3) is 2.50. The Morgan fingerprint density at radius 3 is 2.94 bits per heavy atom. The molecule has 0 aromatic heterocycles. The molecule has 18 heavy (non-hydrogen) atoms. The Labute approximate surface area is 106 Å². The molecule has 0 unspecified atom stereocenters. The minimum atomic E-state index is 0.634. The van der Waals surface area contributed by atoms with Gasteiger partial charge in [-0.3, -0.25) is 4.99 Å². The molecule has 96 valence electrons. The first-order chi connectivity index (χ1) is 8.92. The summed E-state index contributed by atoms with van der Waals surface area (Å²) in [6.45, 7) is 3.94. The van der Waals surface area contributed by atoms with Gasteiger partial charge in [0, 0.05) is 13.1 Å². The first kappa shape index (κ1) is 11.2. The highest BCUT2D eigenvalue weighted by Crippen LogP contribution is 2.30. The van der Waals surface area contributed by atoms with Crippen molar-refractivity contribution in [2.75, 3.05) is 32.8 Å². The third-order valence-corrected chi connectivity index (χ3v) is 2.99. The standard InChI is InChI=1S/C13H17N3O2/c1-2-11-12(18-8-7-17-11)9-10(1)3-4-14-13-15-5-6-16-13/h1-2,9H,3-8H2,(H2,14,15,16). The van der Waals surface area contributed by atoms with Crippen LogP contribution in [-0.4, -0.2) is 38.8 Å². The van der Waals surface area contributed by atoms with E-state index in [0.29, 0.717) is 13.2 Å². The zero-order valence-corrected chi connectivity index (χ0v) is 10.2. The van der Waals surface area contributed by atoms with Crippen LogP contribution in [0.3, 0.4) is 0 Å². The number of benzene rings is 1. The maximum atomic E-state index is 5.56. The lowest BCUT2D eigenvalue weighted by molar-refractivity contribution is 0.171. The fourth-order valence-electron chi connectivity index (χ4n) is 2.08. The second-order valence-corrected chi connectivity index (χ2v) is 4.31. The van der Waals surface area contributed by atoms with Gasteiger partial charge < -0.3 is 20.1 Å². The number of ether oxygens (including phenoxy) is 2. The first-order valence-corrected chi connectivity index (χ1v) is 6.32. The van der Waals surface area contributed by atoms with E-state index < -0.39 is 0 Å². The SMILES string of the molecule is c1cc2c(cc1CCNC1=NCCN1)OCCO2. The molecule has 2 N–H and O–H groups in total. The van der Waals surface area contributed by atoms with Gasteiger partial charge in [0.15, 0.2) is 17.5 Å². The van der Waals surface area contributed by atoms with Gasteiger partial charge in [-0.15, -0.1) is 0 Å². The third-order valence-electron chi connectivity index (χ3n) is 2.99. The van der Waals surface area contributed by atoms with Crippen LogP contribution in [0.5, 0.6) is 11.5 Å². The van der Waals surface area contributed by atoms with E-state index in [1.807, 2.05) is 6.07 Å². The first-order valence-electron chi connectivity index (χ1n) is 6.32. The van der Waals surface area contributed by atoms with Gasteiger partial charge in [-0.2, -0.15) is 0 Å². The normalized spacial score (nSPS) is 17.0. The van der Waals surface area contributed by atoms with Crippen molar-refractivity contribution in [2.45, 2.75) is 6.42 Å². The van der Waals surface area contributed by atoms with Crippen molar-refractivity contribution < 1.29 is 9.47 Å². The smallest absolute Gasteiger partial charge is 0.191 e. The van der Waals surface area contributed by atoms with Crippen molar-refractivity contribution in [3.8, 4) is 11.5 Å². The quantitative estimate of drug-likeness (QED) is 0.819. The highest BCUT2D eigenvalue weighted by atomic mass is 16.6. The number of nitrogens with zero attached hydrogens (tertiary/aromatic N) is 1. The van der Waals surface area contributed by atoms with Crippen LogP contribution in [0.1, 0.15) is 5.56 Å². The summed E-state index contributed by atoms with van der Waals surface area (Å²) >= 11 is 0. The van der Waals surface area contributed by atoms with Gasteiger partial charge in [0.1, 0.15) is 13.2 Å². The molecule has 0 saturated heterocycles. The Hall–Kier alpha value is -1.91. The molecular formula is C13H17N3O2. The van der Waals surface area contributed by atoms with E-state index >= 15 is 0 Å². The lowest BCUT2D eigenvalue weighted by Crippen LogP contribution is -2.34. The Kier molecular flexibility index (Phi) is 3.21. The summed E-state index contributed by atoms with van der Waals surface area (Å²) in [5.41, 5.74) is 1.24. The predicted octanol–water partition coefficient (Wildman–Crippen LogP) is 0.549. The Morgan fingerprint density at radius 2 is 2.11 bits per heavy atom. The van der Waals surface area contributed by atoms with Gasteiger partial charge in [-0.25, -0.2) is 0 Å². The van der Waals surface area contributed by atoms with E-state index in [9.17, 15) is 0 Å². The van der Waals surface area contributed by atoms with Crippen LogP contribution < -0.4 is 20.1 Å². The molecule has 2 heterocycles. The van der Waals surface area contributed by atoms with Crippen LogP contribution in [0.15, 0.2) is 23.2 Å². The minimum Gasteiger partial charge on any atom is -0.486 e. The largest absolute Gasteiger partial charge is 0.486 e. The number of hydrogen-bond donors (Lipinski definition) is 2. The molecule has 0 spiro atoms. The molecule has 1 aromatic rings. The van der Waals surface area contributed by atoms with Gasteiger partial charge in [0.2, 0.25) is 0 Å². The zero-order valence-electron chi connectivity index (χ0n) is 10.2. The summed E-state index contributed by atoms with van der Waals surface area (Å²) in [5, 5.41) is 6.46. The Balaban J connectivity index is 1.56. The summed E-state index contributed by atoms with van der Waals surface area (Å²) in [6.07, 6.45) is 0.942. The highest BCUT2D eigenvalue weighted by molar-refractivity contribution is 5.81. The second-order valence-electron chi connectivity index (χ2n) is 4.31. The van der Waals surface area contributed by atoms with Gasteiger partial charge >= 0.3 is 0 Å². The summed E-state index contributed by atoms with van der Waals surface area (Å²) < 4.78 is 11.1. The lowest BCUT2D eigenvalue weighted by Gasteiger charge is -2.18. The molecule has 1 aromatic carbocycles. The number of fused-ring (bicyclic) bond motifs is 1. The number of rotatable bonds is 3. The molecule has 0 atom stereocenters. The number of hydrogen-bond acceptors (Lipinski definition) is 5. The Morgan fingerprint density at radius 1 is 1.22 bits per heavy atom. The van der Waals surface area contributed by atoms with Crippen molar-refractivity contribution >= 4 is 5.96 Å². The van der Waals surface area contributed by atoms with E-state index in [-0.39, 0.29) is 0 Å². The van der Waals surface area contributed by atoms with E-state index in [0.717, 1.165) is 43.5 Å². The van der Waals surface area contributed by atoms with Crippen molar-refractivity contribution in [1.29, 1.82) is 0 Å². The molecule has 0 aliphatic carbocycles. The second kappa shape index (κ2) is 5.16. The summed E-state index contributed by atoms with van der Waals surface area (Å²) in [7, 11) is 0. The van der Waals surface area contributed by atoms with Crippen LogP contribution in [0, 0.1) is 0 Å². The van der Waals surface area contributed by atoms with Crippen molar-refractivity contribution in [3.63, 3.8) is 0 Å². The molecule has 3 rings (SSSR count). The molecule has 5 heteroatoms. The van der Waals surface area contributed by atoms with Gasteiger partial charge in [0.05, 0.1) is 6.54 Å². The number of nitrogens with one attached hydrogen (secondary N) is 2. The average molecular weight is 247 g/mol. The monoisotopic (exact) mass is 247 g/mol. The molecule has 2 aliphatic heterocycles. The van der Waals surface area contributed by atoms with E-state index in [1.165, 1.54) is 5.56 Å². The van der Waals surface area contributed by atoms with Gasteiger partial charge in [-0.1, -0.05) is 6.07 Å². The molecule has 0 saturated carbocycles. The summed E-state index contributed by atoms with van der Waals surface area (Å²) in [6, 6.07) is 6.12. The zero-order chi connectivity index (χ0) is 12.2. The summed E-state index contributed by atoms with van der Waals surface area (Å²) in [5.74, 6) is 2.61. The van der Waals surface area contributed by atoms with E-state index in [4.69, 9.17) is 9.47 Å². The number of aliphatic imine (C=N–C) groups is 1. The molecule has 0 fully saturated rings. The molecule has 2 aliphatic rings. The Bertz CT molecular complexity index is 460. The van der Waals surface area contributed by atoms with Gasteiger partial charge in [-0.05, 0) is 24.1 Å². The van der Waals surface area contributed by atoms with Crippen molar-refractivity contribution in [3.05, 3.63) is 23.8 Å². The van der Waals surface area contributed by atoms with Crippen molar-refractivity contribution in [2.24, 2.45) is 4.99 Å². The highest BCUT2D eigenvalue weighted by Gasteiger charge is 2.11. The summed E-state index contributed by atoms with van der Waals surface area (Å²) in [4.78, 5) is 4.29. The average Bonchev–Trinajstić information content (AvgIpc) is 2.92. The fourth-order valence-corrected chi connectivity index (χ4v) is 2.08. The van der Waals surface area contributed by atoms with Crippen LogP contribution in [0.25, 0.3) is 0 Å². The van der Waals surface area contributed by atoms with Crippen LogP contribution in [0.4, 0.5) is 0 Å². The van der Waals surface area contributed by atoms with E-state index in [2.05, 4.69) is 27.8 Å². The van der Waals surface area contributed by atoms with Gasteiger partial charge in [0.25, 0.3) is 0 Å². The topological polar surface area (TPSA) is 54.9 Å².